The van der Waals surface area contributed by atoms with E-state index in [-0.39, 0.29) is 22.5 Å². The Morgan fingerprint density at radius 2 is 1.88 bits per heavy atom. The van der Waals surface area contributed by atoms with Crippen molar-refractivity contribution in [3.63, 3.8) is 0 Å². The van der Waals surface area contributed by atoms with Crippen LogP contribution in [0.15, 0.2) is 24.4 Å². The molecule has 0 bridgehead atoms. The Balaban J connectivity index is 2.11. The van der Waals surface area contributed by atoms with Gasteiger partial charge in [-0.05, 0) is 26.0 Å². The molecular weight excluding hydrogens is 465 g/mol. The van der Waals surface area contributed by atoms with Crippen LogP contribution in [0.3, 0.4) is 0 Å². The first-order chi connectivity index (χ1) is 15.7. The van der Waals surface area contributed by atoms with Crippen molar-refractivity contribution >= 4 is 17.5 Å². The average Bonchev–Trinajstić information content (AvgIpc) is 3.03. The molecule has 1 saturated heterocycles. The SMILES string of the molecule is COc1c([C@H]2[C@@H](C)[C@@](C)(C(F)(F)F)O[C@H]2C(=O)Nc2ccnc(C(N)=O)c2C)ccc(F)c1F. The molecule has 0 aliphatic carbocycles. The predicted octanol–water partition coefficient (Wildman–Crippen LogP) is 3.85. The molecule has 2 amide bonds. The molecule has 1 fully saturated rings. The third-order valence-electron chi connectivity index (χ3n) is 6.27. The van der Waals surface area contributed by atoms with E-state index in [9.17, 15) is 31.5 Å². The Morgan fingerprint density at radius 3 is 2.44 bits per heavy atom. The molecule has 7 nitrogen and oxygen atoms in total. The number of nitrogens with two attached hydrogens (primary N) is 1. The van der Waals surface area contributed by atoms with Crippen molar-refractivity contribution in [3.05, 3.63) is 52.9 Å². The fraction of sp³-hybridized carbons (Fsp3) is 0.409. The molecule has 2 heterocycles. The fourth-order valence-corrected chi connectivity index (χ4v) is 4.16. The molecule has 184 valence electrons. The van der Waals surface area contributed by atoms with Gasteiger partial charge in [-0.1, -0.05) is 13.0 Å². The van der Waals surface area contributed by atoms with Crippen molar-refractivity contribution in [1.29, 1.82) is 0 Å². The summed E-state index contributed by atoms with van der Waals surface area (Å²) < 4.78 is 80.4. The highest BCUT2D eigenvalue weighted by atomic mass is 19.4. The molecule has 0 unspecified atom stereocenters. The predicted molar refractivity (Wildman–Crippen MR) is 110 cm³/mol. The topological polar surface area (TPSA) is 104 Å². The highest BCUT2D eigenvalue weighted by Crippen LogP contribution is 2.55. The second kappa shape index (κ2) is 8.82. The summed E-state index contributed by atoms with van der Waals surface area (Å²) in [7, 11) is 1.03. The average molecular weight is 487 g/mol. The van der Waals surface area contributed by atoms with Gasteiger partial charge < -0.3 is 20.5 Å². The minimum Gasteiger partial charge on any atom is -0.493 e. The normalized spacial score (nSPS) is 24.7. The van der Waals surface area contributed by atoms with Crippen LogP contribution in [0.4, 0.5) is 27.6 Å². The van der Waals surface area contributed by atoms with E-state index in [0.717, 1.165) is 26.2 Å². The van der Waals surface area contributed by atoms with Crippen molar-refractivity contribution in [3.8, 4) is 5.75 Å². The number of hydrogen-bond acceptors (Lipinski definition) is 5. The van der Waals surface area contributed by atoms with Crippen LogP contribution in [-0.4, -0.2) is 41.8 Å². The number of benzene rings is 1. The van der Waals surface area contributed by atoms with E-state index in [1.165, 1.54) is 26.1 Å². The summed E-state index contributed by atoms with van der Waals surface area (Å²) in [5, 5.41) is 2.43. The van der Waals surface area contributed by atoms with Crippen LogP contribution in [0.25, 0.3) is 0 Å². The number of pyridine rings is 1. The monoisotopic (exact) mass is 487 g/mol. The maximum atomic E-state index is 14.4. The van der Waals surface area contributed by atoms with Crippen LogP contribution in [0.1, 0.15) is 41.4 Å². The molecule has 12 heteroatoms. The lowest BCUT2D eigenvalue weighted by molar-refractivity contribution is -0.272. The molecule has 3 rings (SSSR count). The highest BCUT2D eigenvalue weighted by molar-refractivity contribution is 5.99. The Kier molecular flexibility index (Phi) is 6.57. The van der Waals surface area contributed by atoms with E-state index in [2.05, 4.69) is 10.3 Å². The number of carbonyl (C=O) groups excluding carboxylic acids is 2. The molecular formula is C22H22F5N3O4. The van der Waals surface area contributed by atoms with E-state index in [4.69, 9.17) is 15.2 Å². The van der Waals surface area contributed by atoms with E-state index in [1.54, 1.807) is 0 Å². The Labute approximate surface area is 191 Å². The summed E-state index contributed by atoms with van der Waals surface area (Å²) in [5.74, 6) is -7.92. The number of nitrogens with one attached hydrogen (secondary N) is 1. The van der Waals surface area contributed by atoms with Gasteiger partial charge >= 0.3 is 6.18 Å². The third kappa shape index (κ3) is 4.06. The number of anilines is 1. The molecule has 3 N–H and O–H groups in total. The van der Waals surface area contributed by atoms with Gasteiger partial charge in [0, 0.05) is 34.8 Å². The molecule has 2 aromatic rings. The number of primary amides is 1. The number of carbonyl (C=O) groups is 2. The van der Waals surface area contributed by atoms with Gasteiger partial charge in [0.2, 0.25) is 5.82 Å². The third-order valence-corrected chi connectivity index (χ3v) is 6.27. The zero-order chi connectivity index (χ0) is 25.6. The molecule has 1 aliphatic rings. The lowest BCUT2D eigenvalue weighted by Crippen LogP contribution is -2.47. The minimum absolute atomic E-state index is 0.0710. The maximum absolute atomic E-state index is 14.4. The van der Waals surface area contributed by atoms with Crippen LogP contribution < -0.4 is 15.8 Å². The van der Waals surface area contributed by atoms with Gasteiger partial charge in [-0.15, -0.1) is 0 Å². The van der Waals surface area contributed by atoms with Crippen molar-refractivity contribution in [1.82, 2.24) is 4.98 Å². The fourth-order valence-electron chi connectivity index (χ4n) is 4.16. The summed E-state index contributed by atoms with van der Waals surface area (Å²) in [5.41, 5.74) is 2.42. The number of rotatable bonds is 5. The van der Waals surface area contributed by atoms with Gasteiger partial charge in [0.05, 0.1) is 7.11 Å². The van der Waals surface area contributed by atoms with Crippen molar-refractivity contribution in [2.75, 3.05) is 12.4 Å². The second-order valence-corrected chi connectivity index (χ2v) is 8.13. The van der Waals surface area contributed by atoms with Crippen molar-refractivity contribution < 1.29 is 41.0 Å². The van der Waals surface area contributed by atoms with Gasteiger partial charge in [0.25, 0.3) is 11.8 Å². The zero-order valence-electron chi connectivity index (χ0n) is 18.6. The second-order valence-electron chi connectivity index (χ2n) is 8.13. The number of amides is 2. The van der Waals surface area contributed by atoms with Crippen LogP contribution >= 0.6 is 0 Å². The molecule has 1 aromatic carbocycles. The summed E-state index contributed by atoms with van der Waals surface area (Å²) in [6.07, 6.45) is -5.47. The van der Waals surface area contributed by atoms with Gasteiger partial charge in [0.1, 0.15) is 11.8 Å². The van der Waals surface area contributed by atoms with Crippen LogP contribution in [0.2, 0.25) is 0 Å². The molecule has 4 atom stereocenters. The quantitative estimate of drug-likeness (QED) is 0.624. The number of aromatic nitrogens is 1. The number of ether oxygens (including phenoxy) is 2. The Hall–Kier alpha value is -3.28. The number of methoxy groups -OCH3 is 1. The first kappa shape index (κ1) is 25.3. The zero-order valence-corrected chi connectivity index (χ0v) is 18.6. The van der Waals surface area contributed by atoms with Gasteiger partial charge in [-0.25, -0.2) is 4.39 Å². The maximum Gasteiger partial charge on any atom is 0.417 e. The number of nitrogens with zero attached hydrogens (tertiary/aromatic N) is 1. The standard InChI is InChI=1S/C22H22F5N3O4/c1-9-13(7-8-29-16(9)19(28)31)30-20(32)18-14(10(2)21(3,34-18)22(25,26)27)11-5-6-12(23)15(24)17(11)33-4/h5-8,10,14,18H,1-4H3,(H2,28,31)(H,29,30,32)/t10-,14-,18-,21+/m1/s1. The van der Waals surface area contributed by atoms with Crippen LogP contribution in [-0.2, 0) is 9.53 Å². The number of hydrogen-bond donors (Lipinski definition) is 2. The Morgan fingerprint density at radius 1 is 1.24 bits per heavy atom. The van der Waals surface area contributed by atoms with E-state index < -0.39 is 58.9 Å². The lowest BCUT2D eigenvalue weighted by atomic mass is 9.77. The smallest absolute Gasteiger partial charge is 0.417 e. The van der Waals surface area contributed by atoms with Gasteiger partial charge in [0.15, 0.2) is 17.2 Å². The highest BCUT2D eigenvalue weighted by Gasteiger charge is 2.65. The minimum atomic E-state index is -4.89. The number of halogens is 5. The number of alkyl halides is 3. The first-order valence-corrected chi connectivity index (χ1v) is 10.1. The van der Waals surface area contributed by atoms with Crippen molar-refractivity contribution in [2.24, 2.45) is 11.7 Å². The molecule has 1 aliphatic heterocycles. The largest absolute Gasteiger partial charge is 0.493 e. The van der Waals surface area contributed by atoms with E-state index >= 15 is 0 Å². The Bertz CT molecular complexity index is 1140. The summed E-state index contributed by atoms with van der Waals surface area (Å²) >= 11 is 0. The van der Waals surface area contributed by atoms with Crippen LogP contribution in [0, 0.1) is 24.5 Å². The molecule has 1 aromatic heterocycles. The molecule has 0 radical (unpaired) electrons. The van der Waals surface area contributed by atoms with E-state index in [0.29, 0.717) is 0 Å². The van der Waals surface area contributed by atoms with E-state index in [1.807, 2.05) is 0 Å². The molecule has 34 heavy (non-hydrogen) atoms. The summed E-state index contributed by atoms with van der Waals surface area (Å²) in [4.78, 5) is 28.5. The molecule has 0 saturated carbocycles. The van der Waals surface area contributed by atoms with Gasteiger partial charge in [-0.3, -0.25) is 14.6 Å². The van der Waals surface area contributed by atoms with Gasteiger partial charge in [-0.2, -0.15) is 17.6 Å². The lowest BCUT2D eigenvalue weighted by Gasteiger charge is -2.32. The van der Waals surface area contributed by atoms with Crippen LogP contribution in [0.5, 0.6) is 5.75 Å². The summed E-state index contributed by atoms with van der Waals surface area (Å²) in [6.45, 7) is 3.43. The summed E-state index contributed by atoms with van der Waals surface area (Å²) in [6, 6.07) is 3.13. The molecule has 0 spiro atoms. The first-order valence-electron chi connectivity index (χ1n) is 10.1. The van der Waals surface area contributed by atoms with Crippen molar-refractivity contribution in [2.45, 2.75) is 44.6 Å².